The molecule has 0 saturated carbocycles. The molecule has 7 aromatic rings. The van der Waals surface area contributed by atoms with E-state index >= 15 is 0 Å². The Morgan fingerprint density at radius 3 is 2.18 bits per heavy atom. The van der Waals surface area contributed by atoms with Crippen LogP contribution in [0.4, 0.5) is 17.1 Å². The second kappa shape index (κ2) is 12.6. The summed E-state index contributed by atoms with van der Waals surface area (Å²) in [6.07, 6.45) is 1.91. The number of hydrogen-bond donors (Lipinski definition) is 1. The summed E-state index contributed by atoms with van der Waals surface area (Å²) < 4.78 is 8.85. The van der Waals surface area contributed by atoms with Gasteiger partial charge in [0, 0.05) is 40.5 Å². The summed E-state index contributed by atoms with van der Waals surface area (Å²) in [5.74, 6) is 2.86. The quantitative estimate of drug-likeness (QED) is 0.171. The van der Waals surface area contributed by atoms with Crippen molar-refractivity contribution in [2.75, 3.05) is 10.0 Å². The third-order valence-corrected chi connectivity index (χ3v) is 10.0. The van der Waals surface area contributed by atoms with Crippen LogP contribution in [-0.4, -0.2) is 21.5 Å². The Balaban J connectivity index is 1.20. The summed E-state index contributed by atoms with van der Waals surface area (Å²) >= 11 is 0. The lowest BCUT2D eigenvalue weighted by molar-refractivity contribution is 0.465. The number of hydrogen-bond acceptors (Lipinski definition) is 5. The smallest absolute Gasteiger partial charge is 0.433 e. The number of aromatic nitrogens is 3. The third kappa shape index (κ3) is 5.81. The summed E-state index contributed by atoms with van der Waals surface area (Å²) in [5, 5.41) is 6.13. The number of anilines is 3. The van der Waals surface area contributed by atoms with Crippen molar-refractivity contribution in [3.8, 4) is 17.4 Å². The van der Waals surface area contributed by atoms with Crippen LogP contribution in [0.25, 0.3) is 27.6 Å². The van der Waals surface area contributed by atoms with Crippen LogP contribution in [0.1, 0.15) is 77.0 Å². The van der Waals surface area contributed by atoms with Gasteiger partial charge in [0.2, 0.25) is 5.88 Å². The second-order valence-electron chi connectivity index (χ2n) is 15.2. The van der Waals surface area contributed by atoms with Crippen molar-refractivity contribution < 1.29 is 4.74 Å². The maximum atomic E-state index is 6.60. The molecule has 1 aliphatic rings. The van der Waals surface area contributed by atoms with Crippen LogP contribution >= 0.6 is 0 Å². The molecule has 8 rings (SSSR count). The van der Waals surface area contributed by atoms with E-state index < -0.39 is 0 Å². The van der Waals surface area contributed by atoms with Crippen LogP contribution in [0.3, 0.4) is 0 Å². The Morgan fingerprint density at radius 2 is 1.41 bits per heavy atom. The van der Waals surface area contributed by atoms with Gasteiger partial charge in [-0.2, -0.15) is 0 Å². The van der Waals surface area contributed by atoms with Crippen LogP contribution < -0.4 is 20.4 Å². The number of para-hydroxylation sites is 4. The van der Waals surface area contributed by atoms with Gasteiger partial charge in [0.05, 0.1) is 22.3 Å². The number of nitrogens with one attached hydrogen (secondary N) is 1. The number of benzene rings is 4. The molecule has 4 aromatic carbocycles. The molecule has 0 atom stereocenters. The molecule has 1 aliphatic heterocycles. The highest BCUT2D eigenvalue weighted by atomic mass is 16.5. The number of rotatable bonds is 7. The van der Waals surface area contributed by atoms with E-state index in [2.05, 4.69) is 160 Å². The first-order valence-corrected chi connectivity index (χ1v) is 18.0. The van der Waals surface area contributed by atoms with Gasteiger partial charge in [0.25, 0.3) is 0 Å². The summed E-state index contributed by atoms with van der Waals surface area (Å²) in [5.41, 5.74) is 10.4. The first-order chi connectivity index (χ1) is 24.6. The molecule has 6 nitrogen and oxygen atoms in total. The largest absolute Gasteiger partial charge is 0.439 e. The molecule has 254 valence electrons. The molecule has 0 saturated heterocycles. The fourth-order valence-electron chi connectivity index (χ4n) is 7.43. The number of pyridine rings is 2. The predicted octanol–water partition coefficient (Wildman–Crippen LogP) is 10.9. The molecule has 1 N–H and O–H groups in total. The highest BCUT2D eigenvalue weighted by Crippen LogP contribution is 2.45. The molecule has 0 spiro atoms. The molecule has 0 amide bonds. The van der Waals surface area contributed by atoms with Crippen LogP contribution in [0.2, 0.25) is 0 Å². The Morgan fingerprint density at radius 1 is 0.706 bits per heavy atom. The van der Waals surface area contributed by atoms with Gasteiger partial charge in [-0.05, 0) is 82.5 Å². The van der Waals surface area contributed by atoms with E-state index in [4.69, 9.17) is 14.7 Å². The van der Waals surface area contributed by atoms with Crippen molar-refractivity contribution in [2.45, 2.75) is 65.7 Å². The Hall–Kier alpha value is -5.56. The fraction of sp³-hybridized carbons (Fsp3) is 0.227. The van der Waals surface area contributed by atoms with Crippen molar-refractivity contribution in [1.29, 1.82) is 0 Å². The van der Waals surface area contributed by atoms with Gasteiger partial charge < -0.3 is 14.8 Å². The Bertz CT molecular complexity index is 2380. The molecular formula is C44H44BN5O. The fourth-order valence-corrected chi connectivity index (χ4v) is 7.43. The minimum absolute atomic E-state index is 0.000246. The molecule has 3 aromatic heterocycles. The maximum Gasteiger partial charge on any atom is 0.433 e. The third-order valence-electron chi connectivity index (χ3n) is 10.0. The standard InChI is InChI=1S/C44H44BN5O/c1-28(2)32-15-12-16-33(29(3)4)43(32)50-38-19-11-9-17-36(38)48-45(50)40-20-13-21-42(47-40)51-31-22-23-35-34-14-8-10-18-37(34)49(39(35)27-31)41-26-30(24-25-46-41)44(5,6)7/h8-29,48H,1-7H3. The average molecular weight is 670 g/mol. The van der Waals surface area contributed by atoms with Crippen LogP contribution in [0, 0.1) is 0 Å². The van der Waals surface area contributed by atoms with Gasteiger partial charge in [-0.1, -0.05) is 103 Å². The zero-order valence-electron chi connectivity index (χ0n) is 30.5. The molecular weight excluding hydrogens is 625 g/mol. The lowest BCUT2D eigenvalue weighted by Crippen LogP contribution is -2.50. The van der Waals surface area contributed by atoms with Gasteiger partial charge in [-0.15, -0.1) is 0 Å². The van der Waals surface area contributed by atoms with Crippen LogP contribution in [0.15, 0.2) is 121 Å². The molecule has 4 heterocycles. The van der Waals surface area contributed by atoms with Crippen molar-refractivity contribution in [3.05, 3.63) is 138 Å². The molecule has 0 bridgehead atoms. The number of nitrogens with zero attached hydrogens (tertiary/aromatic N) is 4. The molecule has 51 heavy (non-hydrogen) atoms. The molecule has 0 aliphatic carbocycles. The number of ether oxygens (including phenoxy) is 1. The lowest BCUT2D eigenvalue weighted by Gasteiger charge is -2.31. The zero-order chi connectivity index (χ0) is 35.4. The summed E-state index contributed by atoms with van der Waals surface area (Å²) in [6.45, 7) is 15.6. The summed E-state index contributed by atoms with van der Waals surface area (Å²) in [6, 6.07) is 40.4. The van der Waals surface area contributed by atoms with Gasteiger partial charge in [0.1, 0.15) is 11.6 Å². The lowest BCUT2D eigenvalue weighted by atomic mass is 9.69. The normalized spacial score (nSPS) is 13.0. The highest BCUT2D eigenvalue weighted by molar-refractivity contribution is 6.82. The van der Waals surface area contributed by atoms with E-state index in [1.165, 1.54) is 27.8 Å². The van der Waals surface area contributed by atoms with Crippen molar-refractivity contribution >= 4 is 51.4 Å². The van der Waals surface area contributed by atoms with E-state index in [1.54, 1.807) is 0 Å². The van der Waals surface area contributed by atoms with E-state index in [1.807, 2.05) is 24.4 Å². The van der Waals surface area contributed by atoms with Crippen molar-refractivity contribution in [1.82, 2.24) is 14.5 Å². The topological polar surface area (TPSA) is 55.2 Å². The molecule has 7 heteroatoms. The average Bonchev–Trinajstić information content (AvgIpc) is 3.67. The Labute approximate surface area is 301 Å². The Kier molecular flexibility index (Phi) is 8.09. The van der Waals surface area contributed by atoms with Crippen LogP contribution in [0.5, 0.6) is 11.6 Å². The summed E-state index contributed by atoms with van der Waals surface area (Å²) in [7, 11) is 0. The zero-order valence-corrected chi connectivity index (χ0v) is 30.5. The first kappa shape index (κ1) is 32.6. The predicted molar refractivity (Wildman–Crippen MR) is 214 cm³/mol. The van der Waals surface area contributed by atoms with Gasteiger partial charge in [0.15, 0.2) is 0 Å². The van der Waals surface area contributed by atoms with E-state index in [0.717, 1.165) is 45.0 Å². The van der Waals surface area contributed by atoms with Gasteiger partial charge >= 0.3 is 6.98 Å². The maximum absolute atomic E-state index is 6.60. The SMILES string of the molecule is CC(C)c1cccc(C(C)C)c1N1B(c2cccc(Oc3ccc4c5ccccc5n(-c5cc(C(C)(C)C)ccn5)c4c3)n2)Nc2ccccc21. The van der Waals surface area contributed by atoms with Gasteiger partial charge in [-0.25, -0.2) is 9.97 Å². The minimum atomic E-state index is -0.213. The molecule has 0 unspecified atom stereocenters. The van der Waals surface area contributed by atoms with E-state index in [-0.39, 0.29) is 12.4 Å². The number of fused-ring (bicyclic) bond motifs is 4. The van der Waals surface area contributed by atoms with Crippen molar-refractivity contribution in [3.63, 3.8) is 0 Å². The van der Waals surface area contributed by atoms with Gasteiger partial charge in [-0.3, -0.25) is 4.57 Å². The summed E-state index contributed by atoms with van der Waals surface area (Å²) in [4.78, 5) is 12.4. The minimum Gasteiger partial charge on any atom is -0.439 e. The van der Waals surface area contributed by atoms with E-state index in [0.29, 0.717) is 17.7 Å². The highest BCUT2D eigenvalue weighted by Gasteiger charge is 2.39. The monoisotopic (exact) mass is 669 g/mol. The molecule has 0 radical (unpaired) electrons. The first-order valence-electron chi connectivity index (χ1n) is 18.0. The van der Waals surface area contributed by atoms with Crippen LogP contribution in [-0.2, 0) is 5.41 Å². The van der Waals surface area contributed by atoms with Crippen molar-refractivity contribution in [2.24, 2.45) is 0 Å². The second-order valence-corrected chi connectivity index (χ2v) is 15.2. The molecule has 0 fully saturated rings. The van der Waals surface area contributed by atoms with E-state index in [9.17, 15) is 0 Å².